The van der Waals surface area contributed by atoms with Gasteiger partial charge in [0.15, 0.2) is 0 Å². The van der Waals surface area contributed by atoms with Crippen molar-refractivity contribution in [2.75, 3.05) is 5.32 Å². The van der Waals surface area contributed by atoms with Crippen LogP contribution in [-0.2, 0) is 13.0 Å². The monoisotopic (exact) mass is 271 g/mol. The van der Waals surface area contributed by atoms with Crippen LogP contribution in [0.2, 0.25) is 0 Å². The number of benzene rings is 2. The Kier molecular flexibility index (Phi) is 4.78. The van der Waals surface area contributed by atoms with E-state index in [-0.39, 0.29) is 5.82 Å². The molecular weight excluding hydrogens is 249 g/mol. The molecule has 20 heavy (non-hydrogen) atoms. The molecule has 106 valence electrons. The molecule has 0 fully saturated rings. The number of rotatable bonds is 5. The molecule has 0 saturated heterocycles. The van der Waals surface area contributed by atoms with Gasteiger partial charge in [-0.1, -0.05) is 50.2 Å². The first-order valence-electron chi connectivity index (χ1n) is 7.13. The van der Waals surface area contributed by atoms with E-state index in [1.807, 2.05) is 13.0 Å². The minimum atomic E-state index is -0.193. The van der Waals surface area contributed by atoms with Gasteiger partial charge in [-0.2, -0.15) is 0 Å². The molecule has 0 aromatic heterocycles. The third-order valence-electron chi connectivity index (χ3n) is 3.36. The molecular formula is C18H22FN. The van der Waals surface area contributed by atoms with Gasteiger partial charge >= 0.3 is 0 Å². The van der Waals surface area contributed by atoms with E-state index in [1.54, 1.807) is 6.07 Å². The molecule has 1 N–H and O–H groups in total. The Bertz CT molecular complexity index is 538. The predicted octanol–water partition coefficient (Wildman–Crippen LogP) is 4.94. The highest BCUT2D eigenvalue weighted by Gasteiger charge is 2.04. The lowest BCUT2D eigenvalue weighted by Crippen LogP contribution is -2.03. The second-order valence-corrected chi connectivity index (χ2v) is 5.70. The number of hydrogen-bond donors (Lipinski definition) is 1. The highest BCUT2D eigenvalue weighted by atomic mass is 19.1. The third-order valence-corrected chi connectivity index (χ3v) is 3.36. The van der Waals surface area contributed by atoms with Crippen LogP contribution in [0, 0.1) is 18.7 Å². The molecule has 0 aliphatic rings. The number of anilines is 1. The lowest BCUT2D eigenvalue weighted by atomic mass is 10.0. The first kappa shape index (κ1) is 14.6. The maximum Gasteiger partial charge on any atom is 0.146 e. The molecule has 0 radical (unpaired) electrons. The van der Waals surface area contributed by atoms with Gasteiger partial charge in [0.25, 0.3) is 0 Å². The Morgan fingerprint density at radius 2 is 1.65 bits per heavy atom. The summed E-state index contributed by atoms with van der Waals surface area (Å²) in [6.07, 6.45) is 1.10. The van der Waals surface area contributed by atoms with Gasteiger partial charge < -0.3 is 5.32 Å². The van der Waals surface area contributed by atoms with Gasteiger partial charge in [0, 0.05) is 6.54 Å². The SMILES string of the molecule is Cc1cccc(F)c1NCc1ccc(CC(C)C)cc1. The molecule has 0 aliphatic heterocycles. The maximum absolute atomic E-state index is 13.7. The van der Waals surface area contributed by atoms with E-state index in [9.17, 15) is 4.39 Å². The maximum atomic E-state index is 13.7. The zero-order chi connectivity index (χ0) is 14.5. The van der Waals surface area contributed by atoms with Crippen molar-refractivity contribution >= 4 is 5.69 Å². The Morgan fingerprint density at radius 3 is 2.25 bits per heavy atom. The van der Waals surface area contributed by atoms with E-state index in [2.05, 4.69) is 43.4 Å². The number of para-hydroxylation sites is 1. The van der Waals surface area contributed by atoms with Gasteiger partial charge in [-0.05, 0) is 42.0 Å². The largest absolute Gasteiger partial charge is 0.378 e. The van der Waals surface area contributed by atoms with Gasteiger partial charge in [0.2, 0.25) is 0 Å². The summed E-state index contributed by atoms with van der Waals surface area (Å²) in [6.45, 7) is 6.99. The fourth-order valence-electron chi connectivity index (χ4n) is 2.31. The summed E-state index contributed by atoms with van der Waals surface area (Å²) in [5.41, 5.74) is 4.05. The molecule has 0 unspecified atom stereocenters. The molecule has 2 aromatic carbocycles. The quantitative estimate of drug-likeness (QED) is 0.811. The molecule has 2 heteroatoms. The van der Waals surface area contributed by atoms with Gasteiger partial charge in [-0.3, -0.25) is 0 Å². The molecule has 2 rings (SSSR count). The average molecular weight is 271 g/mol. The summed E-state index contributed by atoms with van der Waals surface area (Å²) in [7, 11) is 0. The fourth-order valence-corrected chi connectivity index (χ4v) is 2.31. The summed E-state index contributed by atoms with van der Waals surface area (Å²) in [6, 6.07) is 13.7. The van der Waals surface area contributed by atoms with E-state index < -0.39 is 0 Å². The first-order valence-corrected chi connectivity index (χ1v) is 7.13. The summed E-state index contributed by atoms with van der Waals surface area (Å²) in [4.78, 5) is 0. The molecule has 1 nitrogen and oxygen atoms in total. The minimum Gasteiger partial charge on any atom is -0.378 e. The van der Waals surface area contributed by atoms with Crippen LogP contribution in [0.15, 0.2) is 42.5 Å². The summed E-state index contributed by atoms with van der Waals surface area (Å²) in [5.74, 6) is 0.474. The number of aryl methyl sites for hydroxylation is 1. The molecule has 0 aliphatic carbocycles. The van der Waals surface area contributed by atoms with Crippen molar-refractivity contribution < 1.29 is 4.39 Å². The summed E-state index contributed by atoms with van der Waals surface area (Å²) >= 11 is 0. The minimum absolute atomic E-state index is 0.193. The van der Waals surface area contributed by atoms with Gasteiger partial charge in [-0.25, -0.2) is 4.39 Å². The van der Waals surface area contributed by atoms with Crippen LogP contribution >= 0.6 is 0 Å². The highest BCUT2D eigenvalue weighted by molar-refractivity contribution is 5.52. The van der Waals surface area contributed by atoms with Crippen molar-refractivity contribution in [3.05, 3.63) is 65.0 Å². The van der Waals surface area contributed by atoms with E-state index >= 15 is 0 Å². The molecule has 0 amide bonds. The average Bonchev–Trinajstić information content (AvgIpc) is 2.39. The first-order chi connectivity index (χ1) is 9.56. The van der Waals surface area contributed by atoms with Crippen LogP contribution in [0.5, 0.6) is 0 Å². The Hall–Kier alpha value is -1.83. The molecule has 2 aromatic rings. The van der Waals surface area contributed by atoms with E-state index in [1.165, 1.54) is 17.2 Å². The lowest BCUT2D eigenvalue weighted by Gasteiger charge is -2.11. The van der Waals surface area contributed by atoms with Crippen LogP contribution in [-0.4, -0.2) is 0 Å². The van der Waals surface area contributed by atoms with Crippen molar-refractivity contribution in [2.45, 2.75) is 33.7 Å². The lowest BCUT2D eigenvalue weighted by molar-refractivity contribution is 0.629. The van der Waals surface area contributed by atoms with Crippen LogP contribution in [0.25, 0.3) is 0 Å². The molecule has 0 heterocycles. The topological polar surface area (TPSA) is 12.0 Å². The van der Waals surface area contributed by atoms with E-state index in [0.717, 1.165) is 12.0 Å². The standard InChI is InChI=1S/C18H22FN/c1-13(2)11-15-7-9-16(10-8-15)12-20-18-14(3)5-4-6-17(18)19/h4-10,13,20H,11-12H2,1-3H3. The molecule has 0 spiro atoms. The van der Waals surface area contributed by atoms with Crippen LogP contribution in [0.1, 0.15) is 30.5 Å². The molecule has 0 bridgehead atoms. The smallest absolute Gasteiger partial charge is 0.146 e. The predicted molar refractivity (Wildman–Crippen MR) is 83.4 cm³/mol. The number of halogens is 1. The van der Waals surface area contributed by atoms with Crippen LogP contribution in [0.3, 0.4) is 0 Å². The second kappa shape index (κ2) is 6.56. The van der Waals surface area contributed by atoms with Gasteiger partial charge in [0.1, 0.15) is 5.82 Å². The van der Waals surface area contributed by atoms with Gasteiger partial charge in [0.05, 0.1) is 5.69 Å². The fraction of sp³-hybridized carbons (Fsp3) is 0.333. The van der Waals surface area contributed by atoms with Crippen molar-refractivity contribution in [1.82, 2.24) is 0 Å². The number of nitrogens with one attached hydrogen (secondary N) is 1. The Balaban J connectivity index is 2.00. The van der Waals surface area contributed by atoms with Crippen molar-refractivity contribution in [2.24, 2.45) is 5.92 Å². The summed E-state index contributed by atoms with van der Waals surface area (Å²) < 4.78 is 13.7. The van der Waals surface area contributed by atoms with Crippen LogP contribution in [0.4, 0.5) is 10.1 Å². The zero-order valence-corrected chi connectivity index (χ0v) is 12.4. The second-order valence-electron chi connectivity index (χ2n) is 5.70. The third kappa shape index (κ3) is 3.83. The van der Waals surface area contributed by atoms with Crippen LogP contribution < -0.4 is 5.32 Å². The highest BCUT2D eigenvalue weighted by Crippen LogP contribution is 2.19. The Labute approximate surface area is 120 Å². The van der Waals surface area contributed by atoms with E-state index in [4.69, 9.17) is 0 Å². The molecule has 0 atom stereocenters. The van der Waals surface area contributed by atoms with Crippen molar-refractivity contribution in [3.63, 3.8) is 0 Å². The Morgan fingerprint density at radius 1 is 1.00 bits per heavy atom. The molecule has 0 saturated carbocycles. The van der Waals surface area contributed by atoms with E-state index in [0.29, 0.717) is 18.2 Å². The van der Waals surface area contributed by atoms with Gasteiger partial charge in [-0.15, -0.1) is 0 Å². The normalized spacial score (nSPS) is 10.8. The van der Waals surface area contributed by atoms with Crippen molar-refractivity contribution in [1.29, 1.82) is 0 Å². The zero-order valence-electron chi connectivity index (χ0n) is 12.4. The van der Waals surface area contributed by atoms with Crippen molar-refractivity contribution in [3.8, 4) is 0 Å². The summed E-state index contributed by atoms with van der Waals surface area (Å²) in [5, 5.41) is 3.18. The number of hydrogen-bond acceptors (Lipinski definition) is 1.